The Balaban J connectivity index is 1.09. The van der Waals surface area contributed by atoms with Crippen LogP contribution in [-0.4, -0.2) is 0 Å². The van der Waals surface area contributed by atoms with Gasteiger partial charge in [0, 0.05) is 22.4 Å². The van der Waals surface area contributed by atoms with E-state index in [0.717, 1.165) is 11.8 Å². The van der Waals surface area contributed by atoms with Gasteiger partial charge in [-0.1, -0.05) is 167 Å². The lowest BCUT2D eigenvalue weighted by Gasteiger charge is -2.31. The molecule has 4 aliphatic rings. The van der Waals surface area contributed by atoms with Gasteiger partial charge < -0.3 is 4.90 Å². The molecule has 0 amide bonds. The molecule has 3 fully saturated rings. The van der Waals surface area contributed by atoms with E-state index >= 15 is 0 Å². The number of hydrogen-bond acceptors (Lipinski definition) is 1. The minimum Gasteiger partial charge on any atom is -0.310 e. The third-order valence-corrected chi connectivity index (χ3v) is 15.0. The zero-order valence-corrected chi connectivity index (χ0v) is 34.7. The Labute approximate surface area is 351 Å². The molecule has 3 saturated carbocycles. The second-order valence-electron chi connectivity index (χ2n) is 18.7. The third kappa shape index (κ3) is 6.37. The second kappa shape index (κ2) is 14.9. The first-order valence-electron chi connectivity index (χ1n) is 22.5. The number of anilines is 3. The van der Waals surface area contributed by atoms with Crippen molar-refractivity contribution >= 4 is 17.1 Å². The first kappa shape index (κ1) is 36.4. The van der Waals surface area contributed by atoms with Crippen LogP contribution in [0.25, 0.3) is 44.5 Å². The first-order chi connectivity index (χ1) is 29.0. The molecule has 4 aliphatic carbocycles. The van der Waals surface area contributed by atoms with Gasteiger partial charge in [0.25, 0.3) is 0 Å². The zero-order chi connectivity index (χ0) is 39.5. The molecule has 7 aromatic rings. The van der Waals surface area contributed by atoms with E-state index in [1.807, 2.05) is 0 Å². The van der Waals surface area contributed by atoms with Gasteiger partial charge in [-0.05, 0) is 153 Å². The molecule has 1 heteroatoms. The van der Waals surface area contributed by atoms with Gasteiger partial charge in [0.05, 0.1) is 5.69 Å². The topological polar surface area (TPSA) is 3.24 Å². The highest BCUT2D eigenvalue weighted by Gasteiger charge is 2.41. The Morgan fingerprint density at radius 3 is 1.78 bits per heavy atom. The van der Waals surface area contributed by atoms with Crippen LogP contribution in [0.1, 0.15) is 106 Å². The van der Waals surface area contributed by atoms with Crippen molar-refractivity contribution in [3.63, 3.8) is 0 Å². The minimum absolute atomic E-state index is 0.177. The van der Waals surface area contributed by atoms with E-state index in [2.05, 4.69) is 183 Å². The third-order valence-electron chi connectivity index (χ3n) is 15.0. The minimum atomic E-state index is -0.177. The Bertz CT molecular complexity index is 2610. The fourth-order valence-corrected chi connectivity index (χ4v) is 12.0. The Kier molecular flexibility index (Phi) is 9.18. The predicted molar refractivity (Wildman–Crippen MR) is 249 cm³/mol. The highest BCUT2D eigenvalue weighted by molar-refractivity contribution is 5.99. The number of nitrogens with zero attached hydrogens (tertiary/aromatic N) is 1. The highest BCUT2D eigenvalue weighted by Crippen LogP contribution is 2.57. The van der Waals surface area contributed by atoms with E-state index in [1.54, 1.807) is 0 Å². The Morgan fingerprint density at radius 1 is 0.475 bits per heavy atom. The second-order valence-corrected chi connectivity index (χ2v) is 18.7. The largest absolute Gasteiger partial charge is 0.310 e. The Hall–Kier alpha value is -5.66. The van der Waals surface area contributed by atoms with Crippen molar-refractivity contribution < 1.29 is 0 Å². The molecule has 0 radical (unpaired) electrons. The molecule has 0 aromatic heterocycles. The lowest BCUT2D eigenvalue weighted by molar-refractivity contribution is 0.420. The van der Waals surface area contributed by atoms with Crippen LogP contribution in [0.15, 0.2) is 164 Å². The monoisotopic (exact) mass is 765 g/mol. The summed E-state index contributed by atoms with van der Waals surface area (Å²) >= 11 is 0. The van der Waals surface area contributed by atoms with E-state index in [-0.39, 0.29) is 5.41 Å². The van der Waals surface area contributed by atoms with Crippen LogP contribution in [0.5, 0.6) is 0 Å². The predicted octanol–water partition coefficient (Wildman–Crippen LogP) is 16.4. The SMILES string of the molecule is CC1(C)c2cc(N(c3ccc(-c4ccccc4C4CCCCC4)cc3)c3ccc(C4CC5CCC4C5)cc3)c(-c3ccccc3)cc2-c2c(-c3ccccc3)cccc21. The Morgan fingerprint density at radius 2 is 1.10 bits per heavy atom. The average molecular weight is 766 g/mol. The van der Waals surface area contributed by atoms with Crippen LogP contribution in [0.3, 0.4) is 0 Å². The number of hydrogen-bond donors (Lipinski definition) is 0. The number of rotatable bonds is 8. The summed E-state index contributed by atoms with van der Waals surface area (Å²) in [6, 6.07) is 62.5. The molecular formula is C58H55N. The summed E-state index contributed by atoms with van der Waals surface area (Å²) < 4.78 is 0. The maximum Gasteiger partial charge on any atom is 0.0543 e. The van der Waals surface area contributed by atoms with Gasteiger partial charge >= 0.3 is 0 Å². The lowest BCUT2D eigenvalue weighted by Crippen LogP contribution is -2.17. The highest BCUT2D eigenvalue weighted by atomic mass is 15.1. The summed E-state index contributed by atoms with van der Waals surface area (Å²) in [7, 11) is 0. The summed E-state index contributed by atoms with van der Waals surface area (Å²) in [5, 5.41) is 0. The van der Waals surface area contributed by atoms with Gasteiger partial charge in [-0.15, -0.1) is 0 Å². The van der Waals surface area contributed by atoms with Gasteiger partial charge in [0.15, 0.2) is 0 Å². The quantitative estimate of drug-likeness (QED) is 0.149. The molecule has 0 heterocycles. The first-order valence-corrected chi connectivity index (χ1v) is 22.5. The van der Waals surface area contributed by atoms with Gasteiger partial charge in [0.2, 0.25) is 0 Å². The molecule has 59 heavy (non-hydrogen) atoms. The van der Waals surface area contributed by atoms with E-state index in [4.69, 9.17) is 0 Å². The molecule has 3 unspecified atom stereocenters. The summed E-state index contributed by atoms with van der Waals surface area (Å²) in [5.74, 6) is 3.15. The van der Waals surface area contributed by atoms with E-state index in [0.29, 0.717) is 11.8 Å². The van der Waals surface area contributed by atoms with Gasteiger partial charge in [0.1, 0.15) is 0 Å². The van der Waals surface area contributed by atoms with Crippen molar-refractivity contribution in [2.75, 3.05) is 4.90 Å². The molecule has 0 aliphatic heterocycles. The van der Waals surface area contributed by atoms with Gasteiger partial charge in [-0.25, -0.2) is 0 Å². The standard InChI is InChI=1S/C58H55N/c1-58(2)54-24-14-23-50(41-17-8-4-9-18-41)57(54)53-37-52(42-19-10-5-11-20-42)56(38-55(53)58)59(47-33-29-44(30-34-47)51-36-39-25-26-45(51)35-39)46-31-27-43(28-32-46)49-22-13-12-21-48(49)40-15-6-3-7-16-40/h4-5,8-14,17-24,27-34,37-40,45,51H,3,6-7,15-16,25-26,35-36H2,1-2H3. The molecule has 11 rings (SSSR count). The number of fused-ring (bicyclic) bond motifs is 5. The molecule has 0 spiro atoms. The van der Waals surface area contributed by atoms with Crippen LogP contribution in [-0.2, 0) is 5.41 Å². The molecule has 3 atom stereocenters. The normalized spacial score (nSPS) is 20.3. The molecule has 1 nitrogen and oxygen atoms in total. The molecular weight excluding hydrogens is 711 g/mol. The molecule has 2 bridgehead atoms. The van der Waals surface area contributed by atoms with Crippen molar-refractivity contribution in [3.8, 4) is 44.5 Å². The van der Waals surface area contributed by atoms with Crippen LogP contribution >= 0.6 is 0 Å². The van der Waals surface area contributed by atoms with E-state index in [1.165, 1.54) is 142 Å². The van der Waals surface area contributed by atoms with Gasteiger partial charge in [-0.2, -0.15) is 0 Å². The fraction of sp³-hybridized carbons (Fsp3) is 0.276. The summed E-state index contributed by atoms with van der Waals surface area (Å²) in [6.45, 7) is 4.84. The molecule has 0 N–H and O–H groups in total. The molecule has 0 saturated heterocycles. The van der Waals surface area contributed by atoms with Crippen LogP contribution in [0.2, 0.25) is 0 Å². The maximum absolute atomic E-state index is 2.56. The smallest absolute Gasteiger partial charge is 0.0543 e. The molecule has 7 aromatic carbocycles. The van der Waals surface area contributed by atoms with E-state index in [9.17, 15) is 0 Å². The average Bonchev–Trinajstić information content (AvgIpc) is 4.00. The maximum atomic E-state index is 2.56. The van der Waals surface area contributed by atoms with Crippen molar-refractivity contribution in [2.24, 2.45) is 11.8 Å². The molecule has 292 valence electrons. The van der Waals surface area contributed by atoms with Crippen molar-refractivity contribution in [1.29, 1.82) is 0 Å². The summed E-state index contributed by atoms with van der Waals surface area (Å²) in [6.07, 6.45) is 12.3. The lowest BCUT2D eigenvalue weighted by atomic mass is 9.81. The van der Waals surface area contributed by atoms with Crippen molar-refractivity contribution in [3.05, 3.63) is 186 Å². The van der Waals surface area contributed by atoms with Gasteiger partial charge in [-0.3, -0.25) is 0 Å². The summed E-state index contributed by atoms with van der Waals surface area (Å²) in [4.78, 5) is 2.56. The fourth-order valence-electron chi connectivity index (χ4n) is 12.0. The zero-order valence-electron chi connectivity index (χ0n) is 34.7. The van der Waals surface area contributed by atoms with E-state index < -0.39 is 0 Å². The van der Waals surface area contributed by atoms with Crippen molar-refractivity contribution in [2.45, 2.75) is 88.9 Å². The van der Waals surface area contributed by atoms with Crippen molar-refractivity contribution in [1.82, 2.24) is 0 Å². The van der Waals surface area contributed by atoms with Crippen LogP contribution in [0.4, 0.5) is 17.1 Å². The number of benzene rings is 7. The van der Waals surface area contributed by atoms with Crippen LogP contribution in [0, 0.1) is 11.8 Å². The van der Waals surface area contributed by atoms with Crippen LogP contribution < -0.4 is 4.90 Å². The summed E-state index contributed by atoms with van der Waals surface area (Å²) in [5.41, 5.74) is 19.7.